The van der Waals surface area contributed by atoms with Crippen LogP contribution < -0.4 is 5.32 Å². The summed E-state index contributed by atoms with van der Waals surface area (Å²) >= 11 is 7.99. The molecule has 1 N–H and O–H groups in total. The zero-order valence-electron chi connectivity index (χ0n) is 13.9. The smallest absolute Gasteiger partial charge is 0.225 e. The number of thiophene rings is 1. The highest BCUT2D eigenvalue weighted by Gasteiger charge is 2.21. The summed E-state index contributed by atoms with van der Waals surface area (Å²) in [5, 5.41) is 5.07. The fourth-order valence-electron chi connectivity index (χ4n) is 3.54. The Kier molecular flexibility index (Phi) is 4.19. The number of para-hydroxylation sites is 1. The third kappa shape index (κ3) is 2.68. The topological polar surface area (TPSA) is 37.8 Å². The van der Waals surface area contributed by atoms with Gasteiger partial charge in [0.1, 0.15) is 10.6 Å². The van der Waals surface area contributed by atoms with E-state index in [2.05, 4.69) is 47.3 Å². The highest BCUT2D eigenvalue weighted by Crippen LogP contribution is 2.40. The van der Waals surface area contributed by atoms with Crippen LogP contribution in [0.3, 0.4) is 0 Å². The lowest BCUT2D eigenvalue weighted by Crippen LogP contribution is -2.03. The van der Waals surface area contributed by atoms with Crippen LogP contribution in [0.4, 0.5) is 11.5 Å². The highest BCUT2D eigenvalue weighted by molar-refractivity contribution is 7.19. The molecule has 0 saturated heterocycles. The Bertz CT molecular complexity index is 917. The van der Waals surface area contributed by atoms with Gasteiger partial charge in [-0.2, -0.15) is 4.98 Å². The van der Waals surface area contributed by atoms with Gasteiger partial charge < -0.3 is 5.32 Å². The Morgan fingerprint density at radius 1 is 1.21 bits per heavy atom. The number of hydrogen-bond donors (Lipinski definition) is 1. The van der Waals surface area contributed by atoms with Gasteiger partial charge in [0.05, 0.1) is 5.39 Å². The lowest BCUT2D eigenvalue weighted by atomic mass is 9.97. The first-order valence-electron chi connectivity index (χ1n) is 8.50. The predicted molar refractivity (Wildman–Crippen MR) is 103 cm³/mol. The molecule has 4 rings (SSSR count). The minimum Gasteiger partial charge on any atom is -0.339 e. The summed E-state index contributed by atoms with van der Waals surface area (Å²) in [6, 6.07) is 6.40. The fraction of sp³-hybridized carbons (Fsp3) is 0.368. The molecule has 2 heterocycles. The van der Waals surface area contributed by atoms with Crippen LogP contribution in [-0.4, -0.2) is 9.97 Å². The molecule has 1 aliphatic carbocycles. The van der Waals surface area contributed by atoms with Crippen molar-refractivity contribution in [2.24, 2.45) is 0 Å². The summed E-state index contributed by atoms with van der Waals surface area (Å²) in [5.41, 5.74) is 5.09. The van der Waals surface area contributed by atoms with Crippen LogP contribution in [0.2, 0.25) is 5.28 Å². The summed E-state index contributed by atoms with van der Waals surface area (Å²) in [4.78, 5) is 11.5. The molecule has 24 heavy (non-hydrogen) atoms. The summed E-state index contributed by atoms with van der Waals surface area (Å²) < 4.78 is 0. The Hall–Kier alpha value is -1.65. The maximum Gasteiger partial charge on any atom is 0.225 e. The van der Waals surface area contributed by atoms with E-state index < -0.39 is 0 Å². The first-order chi connectivity index (χ1) is 11.7. The number of rotatable bonds is 3. The SMILES string of the molecule is CCc1cccc(C)c1Nc1nc(Cl)nc2sc3c(c12)CCCC3. The average molecular weight is 358 g/mol. The molecule has 124 valence electrons. The number of halogens is 1. The predicted octanol–water partition coefficient (Wildman–Crippen LogP) is 5.84. The average Bonchev–Trinajstić information content (AvgIpc) is 2.94. The van der Waals surface area contributed by atoms with Crippen LogP contribution in [0, 0.1) is 6.92 Å². The fourth-order valence-corrected chi connectivity index (χ4v) is 5.02. The van der Waals surface area contributed by atoms with Gasteiger partial charge in [-0.1, -0.05) is 25.1 Å². The molecule has 0 spiro atoms. The van der Waals surface area contributed by atoms with Gasteiger partial charge in [0, 0.05) is 10.6 Å². The summed E-state index contributed by atoms with van der Waals surface area (Å²) in [5.74, 6) is 0.855. The van der Waals surface area contributed by atoms with Crippen molar-refractivity contribution in [1.29, 1.82) is 0 Å². The number of anilines is 2. The Labute approximate surface area is 151 Å². The first kappa shape index (κ1) is 15.9. The van der Waals surface area contributed by atoms with Gasteiger partial charge in [-0.05, 0) is 67.3 Å². The number of aromatic nitrogens is 2. The molecule has 1 aliphatic rings. The second kappa shape index (κ2) is 6.34. The van der Waals surface area contributed by atoms with E-state index in [9.17, 15) is 0 Å². The van der Waals surface area contributed by atoms with E-state index in [0.717, 1.165) is 35.6 Å². The monoisotopic (exact) mass is 357 g/mol. The van der Waals surface area contributed by atoms with E-state index in [0.29, 0.717) is 5.28 Å². The van der Waals surface area contributed by atoms with Crippen LogP contribution in [0.25, 0.3) is 10.2 Å². The number of nitrogens with zero attached hydrogens (tertiary/aromatic N) is 2. The van der Waals surface area contributed by atoms with E-state index in [4.69, 9.17) is 11.6 Å². The van der Waals surface area contributed by atoms with Crippen molar-refractivity contribution < 1.29 is 0 Å². The molecule has 1 aromatic carbocycles. The summed E-state index contributed by atoms with van der Waals surface area (Å²) in [7, 11) is 0. The quantitative estimate of drug-likeness (QED) is 0.598. The number of nitrogens with one attached hydrogen (secondary N) is 1. The van der Waals surface area contributed by atoms with E-state index in [1.54, 1.807) is 11.3 Å². The lowest BCUT2D eigenvalue weighted by Gasteiger charge is -2.16. The Morgan fingerprint density at radius 3 is 2.88 bits per heavy atom. The van der Waals surface area contributed by atoms with Crippen molar-refractivity contribution in [3.63, 3.8) is 0 Å². The zero-order chi connectivity index (χ0) is 16.7. The second-order valence-electron chi connectivity index (χ2n) is 6.32. The van der Waals surface area contributed by atoms with Crippen molar-refractivity contribution in [2.75, 3.05) is 5.32 Å². The number of fused-ring (bicyclic) bond motifs is 3. The van der Waals surface area contributed by atoms with Gasteiger partial charge in [-0.3, -0.25) is 0 Å². The molecule has 3 aromatic rings. The number of hydrogen-bond acceptors (Lipinski definition) is 4. The van der Waals surface area contributed by atoms with Gasteiger partial charge in [-0.25, -0.2) is 4.98 Å². The molecule has 0 unspecified atom stereocenters. The molecule has 0 radical (unpaired) electrons. The molecule has 0 atom stereocenters. The van der Waals surface area contributed by atoms with Crippen molar-refractivity contribution in [2.45, 2.75) is 46.0 Å². The van der Waals surface area contributed by atoms with Crippen LogP contribution >= 0.6 is 22.9 Å². The molecule has 0 saturated carbocycles. The van der Waals surface area contributed by atoms with Gasteiger partial charge in [0.15, 0.2) is 0 Å². The molecule has 0 aliphatic heterocycles. The Morgan fingerprint density at radius 2 is 2.04 bits per heavy atom. The summed E-state index contributed by atoms with van der Waals surface area (Å²) in [6.45, 7) is 4.31. The third-order valence-corrected chi connectivity index (χ3v) is 6.13. The molecule has 0 bridgehead atoms. The van der Waals surface area contributed by atoms with Gasteiger partial charge in [0.25, 0.3) is 0 Å². The largest absolute Gasteiger partial charge is 0.339 e. The van der Waals surface area contributed by atoms with E-state index in [1.807, 2.05) is 0 Å². The third-order valence-electron chi connectivity index (χ3n) is 4.77. The maximum atomic E-state index is 6.21. The van der Waals surface area contributed by atoms with Gasteiger partial charge in [0.2, 0.25) is 5.28 Å². The molecule has 2 aromatic heterocycles. The molecular weight excluding hydrogens is 338 g/mol. The first-order valence-corrected chi connectivity index (χ1v) is 9.70. The summed E-state index contributed by atoms with van der Waals surface area (Å²) in [6.07, 6.45) is 5.75. The number of benzene rings is 1. The molecule has 0 fully saturated rings. The van der Waals surface area contributed by atoms with Crippen LogP contribution in [0.15, 0.2) is 18.2 Å². The maximum absolute atomic E-state index is 6.21. The van der Waals surface area contributed by atoms with Gasteiger partial charge >= 0.3 is 0 Å². The van der Waals surface area contributed by atoms with Crippen LogP contribution in [-0.2, 0) is 19.3 Å². The normalized spacial score (nSPS) is 14.0. The highest BCUT2D eigenvalue weighted by atomic mass is 35.5. The van der Waals surface area contributed by atoms with Crippen molar-refractivity contribution >= 4 is 44.7 Å². The molecule has 0 amide bonds. The van der Waals surface area contributed by atoms with E-state index in [-0.39, 0.29) is 0 Å². The lowest BCUT2D eigenvalue weighted by molar-refractivity contribution is 0.700. The van der Waals surface area contributed by atoms with Crippen LogP contribution in [0.5, 0.6) is 0 Å². The Balaban J connectivity index is 1.89. The minimum atomic E-state index is 0.315. The van der Waals surface area contributed by atoms with Crippen molar-refractivity contribution in [3.05, 3.63) is 45.1 Å². The molecular formula is C19H20ClN3S. The molecule has 5 heteroatoms. The molecule has 3 nitrogen and oxygen atoms in total. The van der Waals surface area contributed by atoms with Gasteiger partial charge in [-0.15, -0.1) is 11.3 Å². The van der Waals surface area contributed by atoms with Crippen molar-refractivity contribution in [3.8, 4) is 0 Å². The van der Waals surface area contributed by atoms with E-state index in [1.165, 1.54) is 39.8 Å². The number of aryl methyl sites for hydroxylation is 4. The second-order valence-corrected chi connectivity index (χ2v) is 7.74. The van der Waals surface area contributed by atoms with Crippen LogP contribution in [0.1, 0.15) is 41.3 Å². The minimum absolute atomic E-state index is 0.315. The standard InChI is InChI=1S/C19H20ClN3S/c1-3-12-8-6-7-11(2)16(12)21-17-15-13-9-4-5-10-14(13)24-18(15)23-19(20)22-17/h6-8H,3-5,9-10H2,1-2H3,(H,21,22,23). The van der Waals surface area contributed by atoms with E-state index >= 15 is 0 Å². The zero-order valence-corrected chi connectivity index (χ0v) is 15.5. The van der Waals surface area contributed by atoms with Crippen molar-refractivity contribution in [1.82, 2.24) is 9.97 Å².